The number of aromatic nitrogens is 4. The van der Waals surface area contributed by atoms with Crippen molar-refractivity contribution in [2.24, 2.45) is 0 Å². The highest BCUT2D eigenvalue weighted by molar-refractivity contribution is 6.33. The van der Waals surface area contributed by atoms with E-state index in [-0.39, 0.29) is 61.6 Å². The molecule has 0 unspecified atom stereocenters. The van der Waals surface area contributed by atoms with Gasteiger partial charge in [-0.2, -0.15) is 26.3 Å². The van der Waals surface area contributed by atoms with Crippen LogP contribution in [-0.2, 0) is 27.9 Å². The van der Waals surface area contributed by atoms with Crippen molar-refractivity contribution in [3.05, 3.63) is 130 Å². The van der Waals surface area contributed by atoms with Gasteiger partial charge in [-0.05, 0) is 77.6 Å². The maximum atomic E-state index is 13.7. The molecule has 11 nitrogen and oxygen atoms in total. The predicted octanol–water partition coefficient (Wildman–Crippen LogP) is 15.8. The lowest BCUT2D eigenvalue weighted by Gasteiger charge is -2.30. The van der Waals surface area contributed by atoms with Gasteiger partial charge in [0, 0.05) is 16.3 Å². The van der Waals surface area contributed by atoms with E-state index in [2.05, 4.69) is 63.8 Å². The number of benzene rings is 4. The molecule has 0 aliphatic rings. The van der Waals surface area contributed by atoms with E-state index in [4.69, 9.17) is 16.3 Å². The SMILES string of the molecule is CCC(C)(C)c1ccc(C(=O)c2nc(C(F)(F)F)nc3ccccc23)c(C(C)(C)CC)c1.CCCCCCCCCCCCOC(=O)c1ccc(Cl)c(NC(=O)NNc2nc(C(F)(F)F)nc3ccccc23)c1. The van der Waals surface area contributed by atoms with E-state index in [1.807, 2.05) is 32.9 Å². The Labute approximate surface area is 427 Å². The van der Waals surface area contributed by atoms with Crippen molar-refractivity contribution < 1.29 is 45.5 Å². The Morgan fingerprint density at radius 1 is 0.616 bits per heavy atom. The fourth-order valence-corrected chi connectivity index (χ4v) is 7.94. The Morgan fingerprint density at radius 3 is 1.75 bits per heavy atom. The minimum Gasteiger partial charge on any atom is -0.462 e. The molecule has 6 rings (SSSR count). The van der Waals surface area contributed by atoms with E-state index < -0.39 is 41.8 Å². The van der Waals surface area contributed by atoms with Gasteiger partial charge >= 0.3 is 24.4 Å². The number of ether oxygens (including phenoxy) is 1. The minimum absolute atomic E-state index is 0.0478. The molecule has 0 atom stereocenters. The number of halogens is 7. The lowest BCUT2D eigenvalue weighted by Crippen LogP contribution is -2.34. The van der Waals surface area contributed by atoms with Crippen LogP contribution in [0.5, 0.6) is 0 Å². The fourth-order valence-electron chi connectivity index (χ4n) is 7.78. The zero-order valence-corrected chi connectivity index (χ0v) is 43.1. The molecular weight excluding hydrogens is 972 g/mol. The van der Waals surface area contributed by atoms with Crippen molar-refractivity contribution in [3.8, 4) is 0 Å². The summed E-state index contributed by atoms with van der Waals surface area (Å²) >= 11 is 6.17. The smallest absolute Gasteiger partial charge is 0.451 e. The van der Waals surface area contributed by atoms with E-state index in [0.717, 1.165) is 43.2 Å². The molecule has 0 fully saturated rings. The first kappa shape index (κ1) is 57.5. The molecule has 0 spiro atoms. The van der Waals surface area contributed by atoms with Crippen LogP contribution in [-0.4, -0.2) is 44.3 Å². The molecule has 0 aliphatic carbocycles. The molecule has 0 radical (unpaired) electrons. The second-order valence-electron chi connectivity index (χ2n) is 19.1. The monoisotopic (exact) mass is 1040 g/mol. The van der Waals surface area contributed by atoms with E-state index in [1.165, 1.54) is 87.4 Å². The number of carbonyl (C=O) groups is 3. The van der Waals surface area contributed by atoms with Crippen molar-refractivity contribution in [2.45, 2.75) is 149 Å². The van der Waals surface area contributed by atoms with E-state index >= 15 is 0 Å². The summed E-state index contributed by atoms with van der Waals surface area (Å²) in [5, 5.41) is 3.19. The molecule has 0 bridgehead atoms. The summed E-state index contributed by atoms with van der Waals surface area (Å²) in [6.07, 6.45) is 3.84. The van der Waals surface area contributed by atoms with Crippen molar-refractivity contribution in [2.75, 3.05) is 17.3 Å². The van der Waals surface area contributed by atoms with Crippen LogP contribution in [0.3, 0.4) is 0 Å². The highest BCUT2D eigenvalue weighted by Gasteiger charge is 2.38. The Hall–Kier alpha value is -6.36. The largest absolute Gasteiger partial charge is 0.462 e. The zero-order valence-electron chi connectivity index (χ0n) is 42.3. The van der Waals surface area contributed by atoms with Crippen LogP contribution < -0.4 is 16.2 Å². The molecule has 4 aromatic carbocycles. The van der Waals surface area contributed by atoms with Crippen molar-refractivity contribution in [3.63, 3.8) is 0 Å². The summed E-state index contributed by atoms with van der Waals surface area (Å²) in [5.74, 6) is -3.97. The number of fused-ring (bicyclic) bond motifs is 2. The number of alkyl halides is 6. The highest BCUT2D eigenvalue weighted by atomic mass is 35.5. The number of ketones is 1. The zero-order chi connectivity index (χ0) is 53.6. The first-order valence-electron chi connectivity index (χ1n) is 24.7. The fraction of sp³-hybridized carbons (Fsp3) is 0.436. The van der Waals surface area contributed by atoms with Gasteiger partial charge in [-0.25, -0.2) is 29.5 Å². The number of rotatable bonds is 21. The number of urea groups is 1. The van der Waals surface area contributed by atoms with Gasteiger partial charge in [0.25, 0.3) is 0 Å². The van der Waals surface area contributed by atoms with Gasteiger partial charge in [-0.3, -0.25) is 15.6 Å². The van der Waals surface area contributed by atoms with Crippen LogP contribution in [0.25, 0.3) is 21.8 Å². The number of anilines is 2. The molecule has 0 aliphatic heterocycles. The predicted molar refractivity (Wildman–Crippen MR) is 275 cm³/mol. The third-order valence-corrected chi connectivity index (χ3v) is 13.3. The number of carbonyl (C=O) groups excluding carboxylic acids is 3. The molecule has 3 N–H and O–H groups in total. The summed E-state index contributed by atoms with van der Waals surface area (Å²) in [4.78, 5) is 53.0. The summed E-state index contributed by atoms with van der Waals surface area (Å²) in [7, 11) is 0. The normalized spacial score (nSPS) is 12.0. The number of unbranched alkanes of at least 4 members (excludes halogenated alkanes) is 9. The van der Waals surface area contributed by atoms with Gasteiger partial charge in [0.2, 0.25) is 17.4 Å². The van der Waals surface area contributed by atoms with Crippen molar-refractivity contribution >= 4 is 62.7 Å². The average Bonchev–Trinajstić information content (AvgIpc) is 3.36. The van der Waals surface area contributed by atoms with Crippen molar-refractivity contribution in [1.29, 1.82) is 0 Å². The van der Waals surface area contributed by atoms with Gasteiger partial charge in [0.15, 0.2) is 5.82 Å². The number of nitrogens with zero attached hydrogens (tertiary/aromatic N) is 4. The molecule has 73 heavy (non-hydrogen) atoms. The lowest BCUT2D eigenvalue weighted by molar-refractivity contribution is -0.145. The average molecular weight is 1040 g/mol. The summed E-state index contributed by atoms with van der Waals surface area (Å²) < 4.78 is 85.5. The first-order valence-corrected chi connectivity index (χ1v) is 25.1. The number of hydrazine groups is 1. The Kier molecular flexibility index (Phi) is 20.1. The van der Waals surface area contributed by atoms with Gasteiger partial charge in [-0.1, -0.05) is 166 Å². The van der Waals surface area contributed by atoms with Gasteiger partial charge < -0.3 is 10.1 Å². The molecule has 2 heterocycles. The van der Waals surface area contributed by atoms with Crippen LogP contribution >= 0.6 is 11.6 Å². The van der Waals surface area contributed by atoms with Crippen LogP contribution in [0.15, 0.2) is 84.9 Å². The number of nitrogens with one attached hydrogen (secondary N) is 3. The number of hydrogen-bond donors (Lipinski definition) is 3. The molecule has 0 saturated carbocycles. The molecule has 392 valence electrons. The van der Waals surface area contributed by atoms with Crippen LogP contribution in [0, 0.1) is 0 Å². The third kappa shape index (κ3) is 15.8. The lowest BCUT2D eigenvalue weighted by atomic mass is 9.74. The van der Waals surface area contributed by atoms with Crippen LogP contribution in [0.4, 0.5) is 42.6 Å². The summed E-state index contributed by atoms with van der Waals surface area (Å²) in [6, 6.07) is 21.5. The summed E-state index contributed by atoms with van der Waals surface area (Å²) in [6.45, 7) is 15.0. The van der Waals surface area contributed by atoms with E-state index in [0.29, 0.717) is 10.9 Å². The number of para-hydroxylation sites is 2. The second-order valence-corrected chi connectivity index (χ2v) is 19.5. The minimum atomic E-state index is -4.78. The number of esters is 1. The molecule has 2 amide bonds. The molecule has 2 aromatic heterocycles. The highest BCUT2D eigenvalue weighted by Crippen LogP contribution is 2.37. The Balaban J connectivity index is 0.000000279. The standard InChI is InChI=1S/C29H35ClF3N5O3.C26H29F3N2O/c1-2-3-4-5-6-7-8-9-10-13-18-41-26(39)20-16-17-22(30)24(19-20)35-28(40)38-37-25-21-14-11-12-15-23(21)34-27(36-25)29(31,32)33;1-7-24(3,4)16-13-14-17(19(15-16)25(5,6)8-2)22(32)21-18-11-9-10-12-20(18)30-23(31-21)26(27,28)29/h11-12,14-17,19H,2-10,13,18H2,1H3,(H,34,36,37)(H2,35,38,40);9-15H,7-8H2,1-6H3. The van der Waals surface area contributed by atoms with Crippen LogP contribution in [0.1, 0.15) is 175 Å². The Morgan fingerprint density at radius 2 is 1.16 bits per heavy atom. The molecular formula is C55H64ClF6N7O4. The van der Waals surface area contributed by atoms with E-state index in [1.54, 1.807) is 30.3 Å². The first-order chi connectivity index (χ1) is 34.5. The maximum Gasteiger partial charge on any atom is 0.451 e. The quantitative estimate of drug-likeness (QED) is 0.0211. The van der Waals surface area contributed by atoms with Crippen LogP contribution in [0.2, 0.25) is 5.02 Å². The molecule has 0 saturated heterocycles. The van der Waals surface area contributed by atoms with Gasteiger partial charge in [0.05, 0.1) is 33.9 Å². The molecule has 18 heteroatoms. The molecule has 6 aromatic rings. The van der Waals surface area contributed by atoms with Gasteiger partial charge in [0.1, 0.15) is 5.69 Å². The number of amides is 2. The van der Waals surface area contributed by atoms with E-state index in [9.17, 15) is 40.7 Å². The van der Waals surface area contributed by atoms with Crippen molar-refractivity contribution in [1.82, 2.24) is 25.4 Å². The topological polar surface area (TPSA) is 148 Å². The second kappa shape index (κ2) is 25.5. The Bertz CT molecular complexity index is 2860. The maximum absolute atomic E-state index is 13.7. The summed E-state index contributed by atoms with van der Waals surface area (Å²) in [5.41, 5.74) is 6.71. The third-order valence-electron chi connectivity index (χ3n) is 12.9. The van der Waals surface area contributed by atoms with Gasteiger partial charge in [-0.15, -0.1) is 0 Å². The number of hydrogen-bond acceptors (Lipinski definition) is 9.